The summed E-state index contributed by atoms with van der Waals surface area (Å²) < 4.78 is 0. The zero-order valence-electron chi connectivity index (χ0n) is 17.2. The number of carbonyl (C=O) groups is 2. The van der Waals surface area contributed by atoms with Gasteiger partial charge < -0.3 is 16.0 Å². The fraction of sp³-hybridized carbons (Fsp3) is 0.417. The molecule has 2 atom stereocenters. The van der Waals surface area contributed by atoms with E-state index < -0.39 is 0 Å². The van der Waals surface area contributed by atoms with Gasteiger partial charge in [0.05, 0.1) is 6.42 Å². The van der Waals surface area contributed by atoms with E-state index >= 15 is 0 Å². The summed E-state index contributed by atoms with van der Waals surface area (Å²) in [4.78, 5) is 27.3. The number of nitrogens with two attached hydrogens (primary N) is 1. The normalized spacial score (nSPS) is 20.2. The molecule has 0 radical (unpaired) electrons. The lowest BCUT2D eigenvalue weighted by Gasteiger charge is -2.29. The lowest BCUT2D eigenvalue weighted by atomic mass is 9.95. The molecule has 2 aromatic rings. The van der Waals surface area contributed by atoms with Gasteiger partial charge in [0, 0.05) is 23.8 Å². The maximum atomic E-state index is 12.9. The van der Waals surface area contributed by atoms with Crippen molar-refractivity contribution in [2.45, 2.75) is 38.5 Å². The van der Waals surface area contributed by atoms with Crippen LogP contribution in [0.25, 0.3) is 0 Å². The lowest BCUT2D eigenvalue weighted by Crippen LogP contribution is -2.36. The summed E-state index contributed by atoms with van der Waals surface area (Å²) in [7, 11) is 0. The Balaban J connectivity index is 0.00000256. The number of para-hydroxylation sites is 1. The lowest BCUT2D eigenvalue weighted by molar-refractivity contribution is -0.121. The van der Waals surface area contributed by atoms with Gasteiger partial charge in [0.25, 0.3) is 0 Å². The highest BCUT2D eigenvalue weighted by Gasteiger charge is 2.31. The molecule has 160 valence electrons. The van der Waals surface area contributed by atoms with Crippen LogP contribution in [0.3, 0.4) is 0 Å². The molecule has 1 heterocycles. The van der Waals surface area contributed by atoms with Crippen LogP contribution in [-0.2, 0) is 22.4 Å². The van der Waals surface area contributed by atoms with Crippen LogP contribution in [0, 0.1) is 11.8 Å². The highest BCUT2D eigenvalue weighted by atomic mass is 35.5. The molecule has 0 saturated heterocycles. The first-order chi connectivity index (χ1) is 14.2. The standard InChI is InChI=1S/C24H29N3O2.ClH/c25-16-19-6-3-8-21(19)24(29)26-20-12-10-17(11-13-20)15-23(28)27-14-4-7-18-5-1-2-9-22(18)27;/h1-2,5,9-13,19,21H,3-4,6-8,14-16,25H2,(H,26,29);1H/t19-,21-;/m1./s1. The van der Waals surface area contributed by atoms with Crippen LogP contribution in [0.2, 0.25) is 0 Å². The SMILES string of the molecule is Cl.NC[C@H]1CCC[C@H]1C(=O)Nc1ccc(CC(=O)N2CCCc3ccccc32)cc1. The number of rotatable bonds is 5. The molecule has 6 heteroatoms. The Morgan fingerprint density at radius 2 is 1.80 bits per heavy atom. The quantitative estimate of drug-likeness (QED) is 0.758. The Bertz CT molecular complexity index is 884. The number of amides is 2. The molecule has 3 N–H and O–H groups in total. The van der Waals surface area contributed by atoms with Crippen molar-refractivity contribution in [3.05, 3.63) is 59.7 Å². The number of aryl methyl sites for hydroxylation is 1. The molecule has 2 amide bonds. The van der Waals surface area contributed by atoms with Gasteiger partial charge in [0.2, 0.25) is 11.8 Å². The molecule has 5 nitrogen and oxygen atoms in total. The number of hydrogen-bond donors (Lipinski definition) is 2. The van der Waals surface area contributed by atoms with E-state index in [0.29, 0.717) is 18.9 Å². The molecule has 1 aliphatic heterocycles. The number of nitrogens with zero attached hydrogens (tertiary/aromatic N) is 1. The zero-order chi connectivity index (χ0) is 20.2. The summed E-state index contributed by atoms with van der Waals surface area (Å²) in [6.07, 6.45) is 5.41. The highest BCUT2D eigenvalue weighted by molar-refractivity contribution is 5.96. The van der Waals surface area contributed by atoms with Crippen LogP contribution in [0.5, 0.6) is 0 Å². The second-order valence-electron chi connectivity index (χ2n) is 8.17. The van der Waals surface area contributed by atoms with E-state index in [9.17, 15) is 9.59 Å². The molecular formula is C24H30ClN3O2. The average Bonchev–Trinajstić information content (AvgIpc) is 3.24. The Morgan fingerprint density at radius 3 is 2.57 bits per heavy atom. The minimum atomic E-state index is 0. The summed E-state index contributed by atoms with van der Waals surface area (Å²) in [6, 6.07) is 15.8. The van der Waals surface area contributed by atoms with Crippen molar-refractivity contribution >= 4 is 35.6 Å². The van der Waals surface area contributed by atoms with Crippen molar-refractivity contribution in [1.29, 1.82) is 0 Å². The van der Waals surface area contributed by atoms with Crippen LogP contribution in [0.15, 0.2) is 48.5 Å². The summed E-state index contributed by atoms with van der Waals surface area (Å²) in [5, 5.41) is 3.02. The first-order valence-corrected chi connectivity index (χ1v) is 10.6. The average molecular weight is 428 g/mol. The molecular weight excluding hydrogens is 398 g/mol. The number of anilines is 2. The van der Waals surface area contributed by atoms with Crippen molar-refractivity contribution in [3.8, 4) is 0 Å². The van der Waals surface area contributed by atoms with Gasteiger partial charge in [-0.1, -0.05) is 36.8 Å². The van der Waals surface area contributed by atoms with Gasteiger partial charge in [0.1, 0.15) is 0 Å². The summed E-state index contributed by atoms with van der Waals surface area (Å²) in [5.74, 6) is 0.483. The summed E-state index contributed by atoms with van der Waals surface area (Å²) in [6.45, 7) is 1.34. The first kappa shape index (κ1) is 22.3. The van der Waals surface area contributed by atoms with Crippen molar-refractivity contribution in [3.63, 3.8) is 0 Å². The second kappa shape index (κ2) is 10.1. The second-order valence-corrected chi connectivity index (χ2v) is 8.17. The van der Waals surface area contributed by atoms with Crippen LogP contribution >= 0.6 is 12.4 Å². The number of hydrogen-bond acceptors (Lipinski definition) is 3. The van der Waals surface area contributed by atoms with Gasteiger partial charge in [0.15, 0.2) is 0 Å². The molecule has 1 fully saturated rings. The maximum Gasteiger partial charge on any atom is 0.231 e. The van der Waals surface area contributed by atoms with E-state index in [1.165, 1.54) is 5.56 Å². The van der Waals surface area contributed by atoms with Gasteiger partial charge in [-0.15, -0.1) is 12.4 Å². The van der Waals surface area contributed by atoms with Gasteiger partial charge in [-0.3, -0.25) is 9.59 Å². The molecule has 4 rings (SSSR count). The zero-order valence-corrected chi connectivity index (χ0v) is 18.0. The van der Waals surface area contributed by atoms with Gasteiger partial charge in [-0.25, -0.2) is 0 Å². The number of halogens is 1. The fourth-order valence-corrected chi connectivity index (χ4v) is 4.67. The Morgan fingerprint density at radius 1 is 1.03 bits per heavy atom. The van der Waals surface area contributed by atoms with Gasteiger partial charge in [-0.2, -0.15) is 0 Å². The van der Waals surface area contributed by atoms with Crippen LogP contribution in [-0.4, -0.2) is 24.9 Å². The fourth-order valence-electron chi connectivity index (χ4n) is 4.67. The van der Waals surface area contributed by atoms with E-state index in [1.54, 1.807) is 0 Å². The number of nitrogens with one attached hydrogen (secondary N) is 1. The molecule has 0 bridgehead atoms. The van der Waals surface area contributed by atoms with E-state index in [1.807, 2.05) is 47.4 Å². The van der Waals surface area contributed by atoms with Crippen molar-refractivity contribution < 1.29 is 9.59 Å². The monoisotopic (exact) mass is 427 g/mol. The maximum absolute atomic E-state index is 12.9. The minimum absolute atomic E-state index is 0. The molecule has 2 aliphatic rings. The largest absolute Gasteiger partial charge is 0.330 e. The van der Waals surface area contributed by atoms with Gasteiger partial charge in [-0.05, 0) is 67.5 Å². The predicted octanol–water partition coefficient (Wildman–Crippen LogP) is 3.94. The Kier molecular flexibility index (Phi) is 7.51. The third-order valence-electron chi connectivity index (χ3n) is 6.29. The summed E-state index contributed by atoms with van der Waals surface area (Å²) >= 11 is 0. The molecule has 1 saturated carbocycles. The first-order valence-electron chi connectivity index (χ1n) is 10.6. The molecule has 0 unspecified atom stereocenters. The topological polar surface area (TPSA) is 75.4 Å². The Labute approximate surface area is 184 Å². The minimum Gasteiger partial charge on any atom is -0.330 e. The smallest absolute Gasteiger partial charge is 0.231 e. The van der Waals surface area contributed by atoms with Gasteiger partial charge >= 0.3 is 0 Å². The third-order valence-corrected chi connectivity index (χ3v) is 6.29. The molecule has 30 heavy (non-hydrogen) atoms. The number of carbonyl (C=O) groups excluding carboxylic acids is 2. The van der Waals surface area contributed by atoms with E-state index in [-0.39, 0.29) is 30.1 Å². The molecule has 0 spiro atoms. The Hall–Kier alpha value is -2.37. The van der Waals surface area contributed by atoms with Crippen molar-refractivity contribution in [1.82, 2.24) is 0 Å². The molecule has 0 aromatic heterocycles. The molecule has 2 aromatic carbocycles. The van der Waals surface area contributed by atoms with Crippen LogP contribution in [0.4, 0.5) is 11.4 Å². The summed E-state index contributed by atoms with van der Waals surface area (Å²) in [5.41, 5.74) is 9.81. The van der Waals surface area contributed by atoms with Crippen molar-refractivity contribution in [2.24, 2.45) is 17.6 Å². The van der Waals surface area contributed by atoms with Crippen molar-refractivity contribution in [2.75, 3.05) is 23.3 Å². The van der Waals surface area contributed by atoms with Crippen LogP contribution in [0.1, 0.15) is 36.8 Å². The predicted molar refractivity (Wildman–Crippen MR) is 123 cm³/mol. The molecule has 1 aliphatic carbocycles. The number of benzene rings is 2. The van der Waals surface area contributed by atoms with E-state index in [4.69, 9.17) is 5.73 Å². The third kappa shape index (κ3) is 4.85. The van der Waals surface area contributed by atoms with Crippen LogP contribution < -0.4 is 16.0 Å². The van der Waals surface area contributed by atoms with E-state index in [2.05, 4.69) is 11.4 Å². The van der Waals surface area contributed by atoms with E-state index in [0.717, 1.165) is 55.6 Å². The number of fused-ring (bicyclic) bond motifs is 1. The highest BCUT2D eigenvalue weighted by Crippen LogP contribution is 2.32.